The van der Waals surface area contributed by atoms with Crippen molar-refractivity contribution in [3.8, 4) is 0 Å². The number of rotatable bonds is 5. The molecule has 2 aliphatic rings. The Bertz CT molecular complexity index is 642. The Hall–Kier alpha value is -0.910. The second-order valence-corrected chi connectivity index (χ2v) is 9.74. The fraction of sp³-hybridized carbons (Fsp3) is 0.667. The zero-order valence-electron chi connectivity index (χ0n) is 14.3. The lowest BCUT2D eigenvalue weighted by molar-refractivity contribution is 0.0664. The van der Waals surface area contributed by atoms with Gasteiger partial charge in [-0.05, 0) is 42.2 Å². The van der Waals surface area contributed by atoms with Gasteiger partial charge in [0.15, 0.2) is 0 Å². The molecular formula is C18H28N2O2S. The van der Waals surface area contributed by atoms with E-state index in [4.69, 9.17) is 0 Å². The highest BCUT2D eigenvalue weighted by Gasteiger charge is 2.48. The maximum absolute atomic E-state index is 11.6. The van der Waals surface area contributed by atoms with Crippen LogP contribution < -0.4 is 5.32 Å². The van der Waals surface area contributed by atoms with Gasteiger partial charge in [-0.1, -0.05) is 44.2 Å². The highest BCUT2D eigenvalue weighted by atomic mass is 32.2. The second-order valence-electron chi connectivity index (χ2n) is 7.76. The molecule has 1 aliphatic heterocycles. The molecule has 1 aliphatic carbocycles. The molecule has 1 N–H and O–H groups in total. The molecule has 3 rings (SSSR count). The van der Waals surface area contributed by atoms with Crippen molar-refractivity contribution in [3.05, 3.63) is 35.9 Å². The van der Waals surface area contributed by atoms with Gasteiger partial charge in [0.1, 0.15) is 0 Å². The molecule has 0 aromatic heterocycles. The lowest BCUT2D eigenvalue weighted by Crippen LogP contribution is -2.56. The minimum atomic E-state index is -3.03. The summed E-state index contributed by atoms with van der Waals surface area (Å²) in [5.41, 5.74) is 1.68. The van der Waals surface area contributed by atoms with Crippen LogP contribution in [0.3, 0.4) is 0 Å². The summed E-state index contributed by atoms with van der Waals surface area (Å²) in [7, 11) is -3.03. The van der Waals surface area contributed by atoms with Crippen LogP contribution in [0.1, 0.15) is 38.2 Å². The van der Waals surface area contributed by atoms with Crippen LogP contribution in [0.25, 0.3) is 0 Å². The van der Waals surface area contributed by atoms with Crippen LogP contribution in [0.2, 0.25) is 0 Å². The molecule has 1 aromatic rings. The van der Waals surface area contributed by atoms with Crippen LogP contribution in [0.4, 0.5) is 0 Å². The topological polar surface area (TPSA) is 49.4 Å². The first kappa shape index (κ1) is 16.9. The minimum Gasteiger partial charge on any atom is -0.313 e. The van der Waals surface area contributed by atoms with E-state index < -0.39 is 10.0 Å². The van der Waals surface area contributed by atoms with Crippen LogP contribution in [0.5, 0.6) is 0 Å². The summed E-state index contributed by atoms with van der Waals surface area (Å²) in [6, 6.07) is 11.3. The standard InChI is InChI=1S/C18H28N2O2S/c1-18(2)16(15-7-5-4-6-8-15)11-17(18)19-12-14-9-10-20(13-14)23(3,21)22/h4-8,14,16-17,19H,9-13H2,1-3H3/t14-,16+,17+/m0/s1. The van der Waals surface area contributed by atoms with Crippen LogP contribution >= 0.6 is 0 Å². The van der Waals surface area contributed by atoms with Gasteiger partial charge in [-0.2, -0.15) is 0 Å². The monoisotopic (exact) mass is 336 g/mol. The molecule has 0 spiro atoms. The lowest BCUT2D eigenvalue weighted by atomic mass is 9.56. The van der Waals surface area contributed by atoms with Gasteiger partial charge in [-0.25, -0.2) is 12.7 Å². The molecule has 4 nitrogen and oxygen atoms in total. The second kappa shape index (κ2) is 6.19. The van der Waals surface area contributed by atoms with Crippen molar-refractivity contribution in [2.24, 2.45) is 11.3 Å². The lowest BCUT2D eigenvalue weighted by Gasteiger charge is -2.53. The van der Waals surface area contributed by atoms with Crippen LogP contribution in [-0.2, 0) is 10.0 Å². The molecule has 0 amide bonds. The zero-order chi connectivity index (χ0) is 16.7. The number of sulfonamides is 1. The molecule has 2 fully saturated rings. The Kier molecular flexibility index (Phi) is 4.55. The third-order valence-corrected chi connectivity index (χ3v) is 7.11. The maximum Gasteiger partial charge on any atom is 0.211 e. The summed E-state index contributed by atoms with van der Waals surface area (Å²) in [5, 5.41) is 3.70. The molecule has 1 heterocycles. The predicted octanol–water partition coefficient (Wildman–Crippen LogP) is 2.44. The molecule has 1 saturated carbocycles. The quantitative estimate of drug-likeness (QED) is 0.898. The van der Waals surface area contributed by atoms with Gasteiger partial charge >= 0.3 is 0 Å². The first-order chi connectivity index (χ1) is 10.8. The van der Waals surface area contributed by atoms with Gasteiger partial charge in [-0.15, -0.1) is 0 Å². The molecule has 1 saturated heterocycles. The highest BCUT2D eigenvalue weighted by Crippen LogP contribution is 2.52. The fourth-order valence-electron chi connectivity index (χ4n) is 4.10. The van der Waals surface area contributed by atoms with E-state index in [1.54, 1.807) is 4.31 Å². The SMILES string of the molecule is CC1(C)[C@@H](c2ccccc2)C[C@H]1NC[C@@H]1CCN(S(C)(=O)=O)C1. The van der Waals surface area contributed by atoms with Gasteiger partial charge in [-0.3, -0.25) is 0 Å². The summed E-state index contributed by atoms with van der Waals surface area (Å²) < 4.78 is 24.8. The van der Waals surface area contributed by atoms with Crippen molar-refractivity contribution in [1.29, 1.82) is 0 Å². The Balaban J connectivity index is 1.51. The summed E-state index contributed by atoms with van der Waals surface area (Å²) in [6.07, 6.45) is 3.44. The number of hydrogen-bond acceptors (Lipinski definition) is 3. The van der Waals surface area contributed by atoms with Crippen molar-refractivity contribution in [2.45, 2.75) is 38.6 Å². The zero-order valence-corrected chi connectivity index (χ0v) is 15.1. The third-order valence-electron chi connectivity index (χ3n) is 5.84. The first-order valence-electron chi connectivity index (χ1n) is 8.52. The molecule has 0 unspecified atom stereocenters. The van der Waals surface area contributed by atoms with Crippen LogP contribution in [0, 0.1) is 11.3 Å². The largest absolute Gasteiger partial charge is 0.313 e. The minimum absolute atomic E-state index is 0.247. The molecule has 0 bridgehead atoms. The fourth-order valence-corrected chi connectivity index (χ4v) is 5.02. The summed E-state index contributed by atoms with van der Waals surface area (Å²) in [4.78, 5) is 0. The van der Waals surface area contributed by atoms with Gasteiger partial charge in [0.2, 0.25) is 10.0 Å². The van der Waals surface area contributed by atoms with E-state index >= 15 is 0 Å². The van der Waals surface area contributed by atoms with E-state index in [2.05, 4.69) is 49.5 Å². The molecule has 23 heavy (non-hydrogen) atoms. The molecular weight excluding hydrogens is 308 g/mol. The smallest absolute Gasteiger partial charge is 0.211 e. The Morgan fingerprint density at radius 1 is 1.26 bits per heavy atom. The van der Waals surface area contributed by atoms with Crippen molar-refractivity contribution >= 4 is 10.0 Å². The summed E-state index contributed by atoms with van der Waals surface area (Å²) in [5.74, 6) is 1.05. The van der Waals surface area contributed by atoms with Crippen LogP contribution in [-0.4, -0.2) is 44.7 Å². The van der Waals surface area contributed by atoms with Gasteiger partial charge in [0.05, 0.1) is 6.26 Å². The Morgan fingerprint density at radius 3 is 2.52 bits per heavy atom. The number of nitrogens with zero attached hydrogens (tertiary/aromatic N) is 1. The predicted molar refractivity (Wildman–Crippen MR) is 93.9 cm³/mol. The normalized spacial score (nSPS) is 31.0. The number of hydrogen-bond donors (Lipinski definition) is 1. The first-order valence-corrected chi connectivity index (χ1v) is 10.4. The third kappa shape index (κ3) is 3.47. The molecule has 0 radical (unpaired) electrons. The average molecular weight is 337 g/mol. The molecule has 3 atom stereocenters. The molecule has 1 aromatic carbocycles. The van der Waals surface area contributed by atoms with E-state index in [0.29, 0.717) is 31.0 Å². The van der Waals surface area contributed by atoms with E-state index in [1.165, 1.54) is 18.2 Å². The average Bonchev–Trinajstić information content (AvgIpc) is 2.96. The van der Waals surface area contributed by atoms with Crippen molar-refractivity contribution < 1.29 is 8.42 Å². The van der Waals surface area contributed by atoms with E-state index in [0.717, 1.165) is 13.0 Å². The van der Waals surface area contributed by atoms with E-state index in [1.807, 2.05) is 0 Å². The van der Waals surface area contributed by atoms with Crippen molar-refractivity contribution in [1.82, 2.24) is 9.62 Å². The Morgan fingerprint density at radius 2 is 1.96 bits per heavy atom. The molecule has 5 heteroatoms. The summed E-state index contributed by atoms with van der Waals surface area (Å²) >= 11 is 0. The molecule has 128 valence electrons. The van der Waals surface area contributed by atoms with E-state index in [9.17, 15) is 8.42 Å². The van der Waals surface area contributed by atoms with Crippen LogP contribution in [0.15, 0.2) is 30.3 Å². The Labute approximate surface area is 140 Å². The van der Waals surface area contributed by atoms with Crippen molar-refractivity contribution in [2.75, 3.05) is 25.9 Å². The van der Waals surface area contributed by atoms with Gasteiger partial charge in [0.25, 0.3) is 0 Å². The van der Waals surface area contributed by atoms with E-state index in [-0.39, 0.29) is 5.41 Å². The summed E-state index contributed by atoms with van der Waals surface area (Å²) in [6.45, 7) is 6.93. The maximum atomic E-state index is 11.6. The van der Waals surface area contributed by atoms with Gasteiger partial charge in [0, 0.05) is 19.1 Å². The number of nitrogens with one attached hydrogen (secondary N) is 1. The number of benzene rings is 1. The van der Waals surface area contributed by atoms with Gasteiger partial charge < -0.3 is 5.32 Å². The van der Waals surface area contributed by atoms with Crippen molar-refractivity contribution in [3.63, 3.8) is 0 Å². The highest BCUT2D eigenvalue weighted by molar-refractivity contribution is 7.88.